The minimum absolute atomic E-state index is 0.264. The molecule has 1 unspecified atom stereocenters. The van der Waals surface area contributed by atoms with E-state index in [1.54, 1.807) is 29.5 Å². The summed E-state index contributed by atoms with van der Waals surface area (Å²) in [5, 5.41) is 10.1. The molecule has 0 aliphatic carbocycles. The van der Waals surface area contributed by atoms with Gasteiger partial charge in [0.05, 0.1) is 16.8 Å². The highest BCUT2D eigenvalue weighted by Crippen LogP contribution is 2.25. The van der Waals surface area contributed by atoms with Gasteiger partial charge in [-0.1, -0.05) is 29.3 Å². The van der Waals surface area contributed by atoms with Crippen molar-refractivity contribution in [3.05, 3.63) is 50.6 Å². The van der Waals surface area contributed by atoms with Crippen molar-refractivity contribution in [3.63, 3.8) is 0 Å². The third-order valence-corrected chi connectivity index (χ3v) is 4.90. The molecule has 0 saturated carbocycles. The lowest BCUT2D eigenvalue weighted by Crippen LogP contribution is -2.36. The van der Waals surface area contributed by atoms with Crippen LogP contribution in [-0.4, -0.2) is 30.7 Å². The number of thiophene rings is 1. The van der Waals surface area contributed by atoms with Crippen molar-refractivity contribution >= 4 is 57.6 Å². The molecule has 0 spiro atoms. The number of rotatable bonds is 5. The van der Waals surface area contributed by atoms with Gasteiger partial charge in [0.25, 0.3) is 0 Å². The minimum atomic E-state index is 0.264. The van der Waals surface area contributed by atoms with E-state index in [0.717, 1.165) is 5.69 Å². The molecule has 7 heteroatoms. The van der Waals surface area contributed by atoms with Crippen LogP contribution in [-0.2, 0) is 0 Å². The molecular weight excluding hydrogens is 357 g/mol. The number of thiocarbonyl (C=S) groups is 1. The Morgan fingerprint density at radius 2 is 2.09 bits per heavy atom. The molecule has 1 aromatic carbocycles. The first-order valence-electron chi connectivity index (χ1n) is 6.67. The molecule has 0 aliphatic heterocycles. The van der Waals surface area contributed by atoms with Crippen LogP contribution >= 0.6 is 46.8 Å². The van der Waals surface area contributed by atoms with Gasteiger partial charge in [-0.3, -0.25) is 0 Å². The van der Waals surface area contributed by atoms with E-state index in [-0.39, 0.29) is 6.04 Å². The topological polar surface area (TPSA) is 27.3 Å². The second-order valence-electron chi connectivity index (χ2n) is 4.95. The molecule has 118 valence electrons. The van der Waals surface area contributed by atoms with Gasteiger partial charge in [0.15, 0.2) is 5.11 Å². The Morgan fingerprint density at radius 1 is 1.32 bits per heavy atom. The summed E-state index contributed by atoms with van der Waals surface area (Å²) in [6, 6.07) is 9.71. The summed E-state index contributed by atoms with van der Waals surface area (Å²) in [4.78, 5) is 3.46. The highest BCUT2D eigenvalue weighted by atomic mass is 35.5. The van der Waals surface area contributed by atoms with Gasteiger partial charge < -0.3 is 15.5 Å². The molecule has 0 radical (unpaired) electrons. The fraction of sp³-hybridized carbons (Fsp3) is 0.267. The summed E-state index contributed by atoms with van der Waals surface area (Å²) in [7, 11) is 4.11. The second-order valence-corrected chi connectivity index (χ2v) is 7.19. The maximum atomic E-state index is 6.13. The van der Waals surface area contributed by atoms with E-state index in [4.69, 9.17) is 35.4 Å². The normalized spacial score (nSPS) is 12.2. The lowest BCUT2D eigenvalue weighted by molar-refractivity contribution is 0.303. The van der Waals surface area contributed by atoms with Gasteiger partial charge in [-0.2, -0.15) is 0 Å². The smallest absolute Gasteiger partial charge is 0.170 e. The fourth-order valence-electron chi connectivity index (χ4n) is 1.97. The minimum Gasteiger partial charge on any atom is -0.360 e. The monoisotopic (exact) mass is 373 g/mol. The molecule has 0 bridgehead atoms. The number of likely N-dealkylation sites (N-methyl/N-ethyl adjacent to an activating group) is 1. The van der Waals surface area contributed by atoms with E-state index in [1.807, 2.05) is 0 Å². The Balaban J connectivity index is 1.94. The van der Waals surface area contributed by atoms with Crippen molar-refractivity contribution in [3.8, 4) is 0 Å². The highest BCUT2D eigenvalue weighted by molar-refractivity contribution is 7.80. The van der Waals surface area contributed by atoms with E-state index in [9.17, 15) is 0 Å². The standard InChI is InChI=1S/C15H17Cl2N3S2/c1-20(2)13(14-4-3-7-22-14)9-18-15(21)19-12-6-5-10(16)8-11(12)17/h3-8,13H,9H2,1-2H3,(H2,18,19,21). The average molecular weight is 374 g/mol. The van der Waals surface area contributed by atoms with Crippen molar-refractivity contribution in [1.82, 2.24) is 10.2 Å². The summed E-state index contributed by atoms with van der Waals surface area (Å²) in [5.74, 6) is 0. The van der Waals surface area contributed by atoms with Crippen LogP contribution in [0, 0.1) is 0 Å². The number of benzene rings is 1. The highest BCUT2D eigenvalue weighted by Gasteiger charge is 2.15. The lowest BCUT2D eigenvalue weighted by atomic mass is 10.2. The molecular formula is C15H17Cl2N3S2. The lowest BCUT2D eigenvalue weighted by Gasteiger charge is -2.24. The van der Waals surface area contributed by atoms with Gasteiger partial charge in [-0.25, -0.2) is 0 Å². The number of halogens is 2. The van der Waals surface area contributed by atoms with Gasteiger partial charge in [0.1, 0.15) is 0 Å². The van der Waals surface area contributed by atoms with E-state index in [1.165, 1.54) is 4.88 Å². The molecule has 22 heavy (non-hydrogen) atoms. The first-order valence-corrected chi connectivity index (χ1v) is 8.71. The van der Waals surface area contributed by atoms with Crippen molar-refractivity contribution in [2.24, 2.45) is 0 Å². The molecule has 0 amide bonds. The summed E-state index contributed by atoms with van der Waals surface area (Å²) >= 11 is 19.1. The fourth-order valence-corrected chi connectivity index (χ4v) is 3.54. The van der Waals surface area contributed by atoms with Crippen LogP contribution in [0.4, 0.5) is 5.69 Å². The number of hydrogen-bond acceptors (Lipinski definition) is 3. The average Bonchev–Trinajstić information content (AvgIpc) is 2.96. The summed E-state index contributed by atoms with van der Waals surface area (Å²) in [5.41, 5.74) is 0.737. The largest absolute Gasteiger partial charge is 0.360 e. The Bertz CT molecular complexity index is 630. The van der Waals surface area contributed by atoms with Crippen molar-refractivity contribution < 1.29 is 0 Å². The predicted octanol–water partition coefficient (Wildman–Crippen LogP) is 4.64. The van der Waals surface area contributed by atoms with Crippen LogP contribution < -0.4 is 10.6 Å². The van der Waals surface area contributed by atoms with Gasteiger partial charge in [-0.15, -0.1) is 11.3 Å². The molecule has 0 fully saturated rings. The molecule has 3 nitrogen and oxygen atoms in total. The summed E-state index contributed by atoms with van der Waals surface area (Å²) in [6.07, 6.45) is 0. The molecule has 2 aromatic rings. The quantitative estimate of drug-likeness (QED) is 0.746. The van der Waals surface area contributed by atoms with Gasteiger partial charge in [0.2, 0.25) is 0 Å². The number of anilines is 1. The number of nitrogens with one attached hydrogen (secondary N) is 2. The third kappa shape index (κ3) is 4.83. The molecule has 2 N–H and O–H groups in total. The van der Waals surface area contributed by atoms with Crippen LogP contribution in [0.2, 0.25) is 10.0 Å². The first-order chi connectivity index (χ1) is 10.5. The van der Waals surface area contributed by atoms with Gasteiger partial charge >= 0.3 is 0 Å². The first kappa shape index (κ1) is 17.5. The SMILES string of the molecule is CN(C)C(CNC(=S)Nc1ccc(Cl)cc1Cl)c1cccs1. The number of nitrogens with zero attached hydrogens (tertiary/aromatic N) is 1. The molecule has 1 heterocycles. The Kier molecular flexibility index (Phi) is 6.47. The zero-order valence-electron chi connectivity index (χ0n) is 12.3. The zero-order valence-corrected chi connectivity index (χ0v) is 15.4. The Labute approximate surface area is 150 Å². The molecule has 1 atom stereocenters. The Hall–Kier alpha value is -0.850. The third-order valence-electron chi connectivity index (χ3n) is 3.13. The van der Waals surface area contributed by atoms with E-state index >= 15 is 0 Å². The second kappa shape index (κ2) is 8.13. The van der Waals surface area contributed by atoms with Crippen LogP contribution in [0.3, 0.4) is 0 Å². The summed E-state index contributed by atoms with van der Waals surface area (Å²) < 4.78 is 0. The van der Waals surface area contributed by atoms with Gasteiger partial charge in [-0.05, 0) is 56.0 Å². The van der Waals surface area contributed by atoms with Gasteiger partial charge in [0, 0.05) is 16.4 Å². The zero-order chi connectivity index (χ0) is 16.1. The van der Waals surface area contributed by atoms with Crippen molar-refractivity contribution in [2.75, 3.05) is 26.0 Å². The maximum Gasteiger partial charge on any atom is 0.170 e. The molecule has 1 aromatic heterocycles. The Morgan fingerprint density at radius 3 is 2.68 bits per heavy atom. The van der Waals surface area contributed by atoms with Crippen molar-refractivity contribution in [1.29, 1.82) is 0 Å². The summed E-state index contributed by atoms with van der Waals surface area (Å²) in [6.45, 7) is 0.713. The van der Waals surface area contributed by atoms with Crippen LogP contribution in [0.15, 0.2) is 35.7 Å². The van der Waals surface area contributed by atoms with E-state index in [2.05, 4.69) is 47.1 Å². The molecule has 0 aliphatic rings. The van der Waals surface area contributed by atoms with E-state index < -0.39 is 0 Å². The predicted molar refractivity (Wildman–Crippen MR) is 101 cm³/mol. The van der Waals surface area contributed by atoms with Crippen LogP contribution in [0.5, 0.6) is 0 Å². The van der Waals surface area contributed by atoms with Crippen LogP contribution in [0.1, 0.15) is 10.9 Å². The molecule has 0 saturated heterocycles. The van der Waals surface area contributed by atoms with Crippen LogP contribution in [0.25, 0.3) is 0 Å². The number of hydrogen-bond donors (Lipinski definition) is 2. The molecule has 2 rings (SSSR count). The van der Waals surface area contributed by atoms with Crippen molar-refractivity contribution in [2.45, 2.75) is 6.04 Å². The van der Waals surface area contributed by atoms with E-state index in [0.29, 0.717) is 21.7 Å². The maximum absolute atomic E-state index is 6.13.